The Balaban J connectivity index is 1.10. The molecular formula is C68H89NO8. The van der Waals surface area contributed by atoms with Gasteiger partial charge >= 0.3 is 0 Å². The highest BCUT2D eigenvalue weighted by Crippen LogP contribution is 2.32. The Labute approximate surface area is 462 Å². The fourth-order valence-electron chi connectivity index (χ4n) is 10.1. The molecule has 0 aromatic heterocycles. The van der Waals surface area contributed by atoms with Gasteiger partial charge in [0.05, 0.1) is 65.0 Å². The van der Waals surface area contributed by atoms with Crippen molar-refractivity contribution in [1.29, 1.82) is 0 Å². The predicted molar refractivity (Wildman–Crippen MR) is 309 cm³/mol. The van der Waals surface area contributed by atoms with Crippen LogP contribution in [0.25, 0.3) is 0 Å². The third-order valence-electron chi connectivity index (χ3n) is 14.5. The Morgan fingerprint density at radius 2 is 0.753 bits per heavy atom. The molecule has 0 aliphatic carbocycles. The van der Waals surface area contributed by atoms with Crippen LogP contribution < -0.4 is 5.73 Å². The molecule has 1 heterocycles. The Morgan fingerprint density at radius 1 is 0.390 bits per heavy atom. The lowest BCUT2D eigenvalue weighted by Crippen LogP contribution is -2.62. The summed E-state index contributed by atoms with van der Waals surface area (Å²) >= 11 is 0. The van der Waals surface area contributed by atoms with Crippen LogP contribution in [0.1, 0.15) is 137 Å². The SMILES string of the molecule is CCCCCCCCCCCCCCCC[C@H](OCc1ccccc1)[C@@H](OCc1ccccc1)[C@@H](N)CO[C@H]1O[C@H](COCc2ccccc2)[C@H](OCc2ccccc2)[C@H](OCc2ccccc2)[C@H]1OCc1ccccc1. The van der Waals surface area contributed by atoms with E-state index in [2.05, 4.69) is 91.9 Å². The summed E-state index contributed by atoms with van der Waals surface area (Å²) in [5, 5.41) is 0. The van der Waals surface area contributed by atoms with Crippen molar-refractivity contribution in [3.05, 3.63) is 215 Å². The molecule has 7 rings (SSSR count). The van der Waals surface area contributed by atoms with E-state index < -0.39 is 42.9 Å². The van der Waals surface area contributed by atoms with Crippen LogP contribution in [0.3, 0.4) is 0 Å². The van der Waals surface area contributed by atoms with Gasteiger partial charge in [0, 0.05) is 0 Å². The van der Waals surface area contributed by atoms with E-state index in [1.54, 1.807) is 0 Å². The largest absolute Gasteiger partial charge is 0.374 e. The highest BCUT2D eigenvalue weighted by molar-refractivity contribution is 5.18. The maximum absolute atomic E-state index is 7.41. The molecule has 77 heavy (non-hydrogen) atoms. The van der Waals surface area contributed by atoms with E-state index in [1.165, 1.54) is 77.0 Å². The second-order valence-electron chi connectivity index (χ2n) is 20.8. The number of unbranched alkanes of at least 4 members (excludes halogenated alkanes) is 13. The van der Waals surface area contributed by atoms with Gasteiger partial charge in [-0.25, -0.2) is 0 Å². The molecule has 1 fully saturated rings. The lowest BCUT2D eigenvalue weighted by molar-refractivity contribution is -0.329. The van der Waals surface area contributed by atoms with Gasteiger partial charge in [0.25, 0.3) is 0 Å². The Bertz CT molecular complexity index is 2350. The molecule has 0 amide bonds. The van der Waals surface area contributed by atoms with Crippen LogP contribution >= 0.6 is 0 Å². The number of hydrogen-bond acceptors (Lipinski definition) is 9. The van der Waals surface area contributed by atoms with E-state index in [0.29, 0.717) is 39.6 Å². The summed E-state index contributed by atoms with van der Waals surface area (Å²) in [6, 6.07) is 60.7. The van der Waals surface area contributed by atoms with E-state index in [4.69, 9.17) is 43.6 Å². The smallest absolute Gasteiger partial charge is 0.187 e. The molecular weight excluding hydrogens is 959 g/mol. The highest BCUT2D eigenvalue weighted by Gasteiger charge is 2.49. The quantitative estimate of drug-likeness (QED) is 0.0378. The number of ether oxygens (including phenoxy) is 8. The highest BCUT2D eigenvalue weighted by atomic mass is 16.7. The van der Waals surface area contributed by atoms with Crippen molar-refractivity contribution in [3.63, 3.8) is 0 Å². The minimum absolute atomic E-state index is 0.0950. The molecule has 0 spiro atoms. The van der Waals surface area contributed by atoms with Crippen LogP contribution in [0, 0.1) is 0 Å². The van der Waals surface area contributed by atoms with E-state index in [1.807, 2.05) is 97.1 Å². The number of rotatable bonds is 39. The molecule has 1 aliphatic rings. The van der Waals surface area contributed by atoms with Crippen LogP contribution in [-0.2, 0) is 77.5 Å². The molecule has 1 saturated heterocycles. The van der Waals surface area contributed by atoms with E-state index in [9.17, 15) is 0 Å². The van der Waals surface area contributed by atoms with E-state index in [0.717, 1.165) is 52.6 Å². The zero-order valence-electron chi connectivity index (χ0n) is 46.0. The summed E-state index contributed by atoms with van der Waals surface area (Å²) < 4.78 is 55.3. The van der Waals surface area contributed by atoms with Crippen molar-refractivity contribution in [3.8, 4) is 0 Å². The maximum atomic E-state index is 7.41. The van der Waals surface area contributed by atoms with Crippen LogP contribution in [0.2, 0.25) is 0 Å². The fourth-order valence-corrected chi connectivity index (χ4v) is 10.1. The molecule has 0 bridgehead atoms. The Hall–Kier alpha value is -5.04. The topological polar surface area (TPSA) is 99.9 Å². The summed E-state index contributed by atoms with van der Waals surface area (Å²) in [6.45, 7) is 4.77. The van der Waals surface area contributed by atoms with Gasteiger partial charge in [-0.1, -0.05) is 279 Å². The van der Waals surface area contributed by atoms with Crippen LogP contribution in [0.5, 0.6) is 0 Å². The zero-order valence-corrected chi connectivity index (χ0v) is 46.0. The third-order valence-corrected chi connectivity index (χ3v) is 14.5. The summed E-state index contributed by atoms with van der Waals surface area (Å²) in [5.41, 5.74) is 13.7. The Kier molecular flexibility index (Phi) is 28.0. The molecule has 9 heteroatoms. The number of nitrogens with two attached hydrogens (primary N) is 1. The van der Waals surface area contributed by atoms with Crippen molar-refractivity contribution in [2.24, 2.45) is 5.73 Å². The van der Waals surface area contributed by atoms with Crippen LogP contribution in [0.4, 0.5) is 0 Å². The van der Waals surface area contributed by atoms with Gasteiger partial charge in [0.15, 0.2) is 6.29 Å². The predicted octanol–water partition coefficient (Wildman–Crippen LogP) is 15.1. The standard InChI is InChI=1S/C68H89NO8/c1-2-3-4-5-6-7-8-9-10-11-12-13-14-33-46-62(71-48-56-36-23-16-24-37-56)64(72-49-57-38-25-17-26-39-57)61(69)53-76-68-67(75-52-60-44-31-20-32-45-60)66(74-51-59-42-29-19-30-43-59)65(73-50-58-40-27-18-28-41-58)63(77-68)54-70-47-55-34-21-15-22-35-55/h15-32,34-45,61-68H,2-14,33,46-54,69H2,1H3/t61-,62-,63+,64-,65-,66-,67+,68-/m0/s1. The first kappa shape index (κ1) is 59.6. The lowest BCUT2D eigenvalue weighted by atomic mass is 9.97. The second-order valence-corrected chi connectivity index (χ2v) is 20.8. The fraction of sp³-hybridized carbons (Fsp3) is 0.471. The molecule has 2 N–H and O–H groups in total. The van der Waals surface area contributed by atoms with Gasteiger partial charge in [0.2, 0.25) is 0 Å². The van der Waals surface area contributed by atoms with Crippen molar-refractivity contribution < 1.29 is 37.9 Å². The van der Waals surface area contributed by atoms with E-state index in [-0.39, 0.29) is 19.3 Å². The van der Waals surface area contributed by atoms with Crippen molar-refractivity contribution in [2.45, 2.75) is 192 Å². The first-order valence-electron chi connectivity index (χ1n) is 29.0. The van der Waals surface area contributed by atoms with Gasteiger partial charge in [-0.2, -0.15) is 0 Å². The van der Waals surface area contributed by atoms with Crippen molar-refractivity contribution in [2.75, 3.05) is 13.2 Å². The maximum Gasteiger partial charge on any atom is 0.187 e. The first-order chi connectivity index (χ1) is 38.1. The normalized spacial score (nSPS) is 18.7. The zero-order chi connectivity index (χ0) is 53.2. The molecule has 8 atom stereocenters. The first-order valence-corrected chi connectivity index (χ1v) is 29.0. The number of hydrogen-bond donors (Lipinski definition) is 1. The average molecular weight is 1050 g/mol. The van der Waals surface area contributed by atoms with Gasteiger partial charge in [-0.15, -0.1) is 0 Å². The Morgan fingerprint density at radius 3 is 1.19 bits per heavy atom. The molecule has 0 saturated carbocycles. The van der Waals surface area contributed by atoms with Gasteiger partial charge in [0.1, 0.15) is 30.5 Å². The molecule has 0 radical (unpaired) electrons. The summed E-state index contributed by atoms with van der Waals surface area (Å²) in [5.74, 6) is 0. The van der Waals surface area contributed by atoms with Gasteiger partial charge in [-0.05, 0) is 39.8 Å². The third kappa shape index (κ3) is 22.3. The van der Waals surface area contributed by atoms with Crippen LogP contribution in [0.15, 0.2) is 182 Å². The average Bonchev–Trinajstić information content (AvgIpc) is 3.49. The molecule has 1 aliphatic heterocycles. The molecule has 9 nitrogen and oxygen atoms in total. The molecule has 6 aromatic rings. The monoisotopic (exact) mass is 1050 g/mol. The minimum atomic E-state index is -0.920. The van der Waals surface area contributed by atoms with Crippen molar-refractivity contribution >= 4 is 0 Å². The lowest BCUT2D eigenvalue weighted by Gasteiger charge is -2.46. The summed E-state index contributed by atoms with van der Waals surface area (Å²) in [7, 11) is 0. The van der Waals surface area contributed by atoms with Crippen LogP contribution in [-0.4, -0.2) is 62.2 Å². The van der Waals surface area contributed by atoms with Gasteiger partial charge < -0.3 is 43.6 Å². The minimum Gasteiger partial charge on any atom is -0.374 e. The summed E-state index contributed by atoms with van der Waals surface area (Å²) in [4.78, 5) is 0. The van der Waals surface area contributed by atoms with E-state index >= 15 is 0 Å². The summed E-state index contributed by atoms with van der Waals surface area (Å²) in [6.07, 6.45) is 14.7. The van der Waals surface area contributed by atoms with Gasteiger partial charge in [-0.3, -0.25) is 0 Å². The molecule has 0 unspecified atom stereocenters. The molecule has 6 aromatic carbocycles. The number of benzene rings is 6. The molecule has 414 valence electrons. The second kappa shape index (κ2) is 36.2. The van der Waals surface area contributed by atoms with Crippen molar-refractivity contribution in [1.82, 2.24) is 0 Å².